The zero-order valence-electron chi connectivity index (χ0n) is 10.5. The van der Waals surface area contributed by atoms with Gasteiger partial charge in [-0.3, -0.25) is 0 Å². The molecule has 0 saturated heterocycles. The quantitative estimate of drug-likeness (QED) is 0.768. The van der Waals surface area contributed by atoms with Crippen LogP contribution in [0.3, 0.4) is 0 Å². The second-order valence-corrected chi connectivity index (χ2v) is 4.75. The SMILES string of the molecule is CC1=CC(c2ccccc2)(c2ccccc2)CO1. The van der Waals surface area contributed by atoms with Gasteiger partial charge in [-0.25, -0.2) is 0 Å². The summed E-state index contributed by atoms with van der Waals surface area (Å²) >= 11 is 0. The number of benzene rings is 2. The highest BCUT2D eigenvalue weighted by molar-refractivity contribution is 5.46. The predicted octanol–water partition coefficient (Wildman–Crippen LogP) is 3.91. The van der Waals surface area contributed by atoms with Gasteiger partial charge in [0.25, 0.3) is 0 Å². The van der Waals surface area contributed by atoms with Gasteiger partial charge in [-0.15, -0.1) is 0 Å². The first kappa shape index (κ1) is 11.1. The molecule has 0 amide bonds. The van der Waals surface area contributed by atoms with Gasteiger partial charge in [0.15, 0.2) is 0 Å². The Morgan fingerprint density at radius 1 is 0.833 bits per heavy atom. The fourth-order valence-corrected chi connectivity index (χ4v) is 2.63. The van der Waals surface area contributed by atoms with Crippen LogP contribution >= 0.6 is 0 Å². The maximum Gasteiger partial charge on any atom is 0.105 e. The van der Waals surface area contributed by atoms with Gasteiger partial charge in [-0.2, -0.15) is 0 Å². The minimum atomic E-state index is -0.132. The Kier molecular flexibility index (Phi) is 2.67. The molecular formula is C17H16O. The first-order valence-corrected chi connectivity index (χ1v) is 6.25. The summed E-state index contributed by atoms with van der Waals surface area (Å²) in [4.78, 5) is 0. The summed E-state index contributed by atoms with van der Waals surface area (Å²) < 4.78 is 5.74. The summed E-state index contributed by atoms with van der Waals surface area (Å²) in [6, 6.07) is 21.1. The van der Waals surface area contributed by atoms with Crippen LogP contribution in [0.5, 0.6) is 0 Å². The summed E-state index contributed by atoms with van der Waals surface area (Å²) in [5.41, 5.74) is 2.44. The highest BCUT2D eigenvalue weighted by Gasteiger charge is 2.37. The van der Waals surface area contributed by atoms with Gasteiger partial charge in [0.2, 0.25) is 0 Å². The van der Waals surface area contributed by atoms with E-state index in [1.807, 2.05) is 6.92 Å². The van der Waals surface area contributed by atoms with Crippen molar-refractivity contribution in [2.24, 2.45) is 0 Å². The number of allylic oxidation sites excluding steroid dienone is 1. The van der Waals surface area contributed by atoms with Gasteiger partial charge in [0.05, 0.1) is 11.2 Å². The van der Waals surface area contributed by atoms with E-state index in [1.165, 1.54) is 11.1 Å². The van der Waals surface area contributed by atoms with Crippen LogP contribution in [-0.2, 0) is 10.2 Å². The van der Waals surface area contributed by atoms with Crippen molar-refractivity contribution in [3.63, 3.8) is 0 Å². The van der Waals surface area contributed by atoms with Gasteiger partial charge >= 0.3 is 0 Å². The van der Waals surface area contributed by atoms with Crippen LogP contribution in [0.1, 0.15) is 18.1 Å². The van der Waals surface area contributed by atoms with E-state index in [0.29, 0.717) is 6.61 Å². The molecule has 1 nitrogen and oxygen atoms in total. The first-order chi connectivity index (χ1) is 8.81. The molecule has 0 bridgehead atoms. The molecule has 18 heavy (non-hydrogen) atoms. The highest BCUT2D eigenvalue weighted by Crippen LogP contribution is 2.39. The third-order valence-electron chi connectivity index (χ3n) is 3.56. The molecule has 1 aliphatic heterocycles. The maximum absolute atomic E-state index is 5.74. The van der Waals surface area contributed by atoms with Gasteiger partial charge in [-0.1, -0.05) is 60.7 Å². The van der Waals surface area contributed by atoms with E-state index in [0.717, 1.165) is 5.76 Å². The van der Waals surface area contributed by atoms with Crippen molar-refractivity contribution in [3.8, 4) is 0 Å². The minimum Gasteiger partial charge on any atom is -0.497 e. The molecule has 2 aromatic rings. The lowest BCUT2D eigenvalue weighted by Gasteiger charge is -2.26. The van der Waals surface area contributed by atoms with Crippen molar-refractivity contribution >= 4 is 0 Å². The molecule has 0 atom stereocenters. The molecule has 3 rings (SSSR count). The van der Waals surface area contributed by atoms with Crippen molar-refractivity contribution in [2.75, 3.05) is 6.61 Å². The Morgan fingerprint density at radius 3 is 1.72 bits per heavy atom. The fourth-order valence-electron chi connectivity index (χ4n) is 2.63. The lowest BCUT2D eigenvalue weighted by atomic mass is 9.75. The van der Waals surface area contributed by atoms with E-state index in [2.05, 4.69) is 66.7 Å². The topological polar surface area (TPSA) is 9.23 Å². The molecule has 0 aromatic heterocycles. The molecule has 0 spiro atoms. The number of hydrogen-bond acceptors (Lipinski definition) is 1. The monoisotopic (exact) mass is 236 g/mol. The van der Waals surface area contributed by atoms with E-state index < -0.39 is 0 Å². The summed E-state index contributed by atoms with van der Waals surface area (Å²) in [6.07, 6.45) is 2.23. The maximum atomic E-state index is 5.74. The smallest absolute Gasteiger partial charge is 0.105 e. The van der Waals surface area contributed by atoms with Gasteiger partial charge in [0, 0.05) is 0 Å². The predicted molar refractivity (Wildman–Crippen MR) is 73.4 cm³/mol. The first-order valence-electron chi connectivity index (χ1n) is 6.25. The molecule has 0 N–H and O–H groups in total. The van der Waals surface area contributed by atoms with Gasteiger partial charge < -0.3 is 4.74 Å². The van der Waals surface area contributed by atoms with Crippen molar-refractivity contribution in [1.29, 1.82) is 0 Å². The normalized spacial score (nSPS) is 17.1. The van der Waals surface area contributed by atoms with Crippen LogP contribution in [0.25, 0.3) is 0 Å². The zero-order valence-corrected chi connectivity index (χ0v) is 10.5. The van der Waals surface area contributed by atoms with E-state index in [-0.39, 0.29) is 5.41 Å². The third kappa shape index (κ3) is 1.72. The number of hydrogen-bond donors (Lipinski definition) is 0. The largest absolute Gasteiger partial charge is 0.497 e. The van der Waals surface area contributed by atoms with E-state index in [1.54, 1.807) is 0 Å². The molecule has 1 heteroatoms. The van der Waals surface area contributed by atoms with E-state index >= 15 is 0 Å². The molecule has 90 valence electrons. The van der Waals surface area contributed by atoms with Gasteiger partial charge in [-0.05, 0) is 24.1 Å². The van der Waals surface area contributed by atoms with Crippen LogP contribution in [-0.4, -0.2) is 6.61 Å². The standard InChI is InChI=1S/C17H16O/c1-14-12-17(13-18-14,15-8-4-2-5-9-15)16-10-6-3-7-11-16/h2-12H,13H2,1H3. The molecule has 0 fully saturated rings. The number of rotatable bonds is 2. The molecule has 1 aliphatic rings. The van der Waals surface area contributed by atoms with Crippen molar-refractivity contribution in [2.45, 2.75) is 12.3 Å². The Balaban J connectivity index is 2.18. The molecule has 0 unspecified atom stereocenters. The van der Waals surface area contributed by atoms with Crippen molar-refractivity contribution < 1.29 is 4.74 Å². The van der Waals surface area contributed by atoms with Gasteiger partial charge in [0.1, 0.15) is 6.61 Å². The molecule has 0 radical (unpaired) electrons. The summed E-state index contributed by atoms with van der Waals surface area (Å²) in [5.74, 6) is 1.00. The molecule has 2 aromatic carbocycles. The summed E-state index contributed by atoms with van der Waals surface area (Å²) in [5, 5.41) is 0. The zero-order chi connectivity index (χ0) is 12.4. The Labute approximate surface area is 108 Å². The average molecular weight is 236 g/mol. The molecular weight excluding hydrogens is 220 g/mol. The highest BCUT2D eigenvalue weighted by atomic mass is 16.5. The van der Waals surface area contributed by atoms with Crippen LogP contribution in [0, 0.1) is 0 Å². The third-order valence-corrected chi connectivity index (χ3v) is 3.56. The van der Waals surface area contributed by atoms with Crippen molar-refractivity contribution in [3.05, 3.63) is 83.6 Å². The Hall–Kier alpha value is -2.02. The summed E-state index contributed by atoms with van der Waals surface area (Å²) in [6.45, 7) is 2.71. The van der Waals surface area contributed by atoms with Crippen LogP contribution in [0.4, 0.5) is 0 Å². The van der Waals surface area contributed by atoms with E-state index in [4.69, 9.17) is 4.74 Å². The van der Waals surface area contributed by atoms with Crippen molar-refractivity contribution in [1.82, 2.24) is 0 Å². The molecule has 0 saturated carbocycles. The molecule has 1 heterocycles. The lowest BCUT2D eigenvalue weighted by Crippen LogP contribution is -2.27. The van der Waals surface area contributed by atoms with Crippen LogP contribution in [0.15, 0.2) is 72.5 Å². The van der Waals surface area contributed by atoms with Crippen LogP contribution < -0.4 is 0 Å². The Bertz CT molecular complexity index is 515. The summed E-state index contributed by atoms with van der Waals surface area (Å²) in [7, 11) is 0. The minimum absolute atomic E-state index is 0.132. The second-order valence-electron chi connectivity index (χ2n) is 4.75. The van der Waals surface area contributed by atoms with E-state index in [9.17, 15) is 0 Å². The van der Waals surface area contributed by atoms with Crippen LogP contribution in [0.2, 0.25) is 0 Å². The second kappa shape index (κ2) is 4.34. The Morgan fingerprint density at radius 2 is 1.33 bits per heavy atom. The average Bonchev–Trinajstić information content (AvgIpc) is 2.84. The lowest BCUT2D eigenvalue weighted by molar-refractivity contribution is 0.217. The molecule has 0 aliphatic carbocycles. The fraction of sp³-hybridized carbons (Fsp3) is 0.176. The number of ether oxygens (including phenoxy) is 1.